The Morgan fingerprint density at radius 1 is 1.08 bits per heavy atom. The fraction of sp³-hybridized carbons (Fsp3) is 0.381. The van der Waals surface area contributed by atoms with E-state index in [1.165, 1.54) is 17.7 Å². The number of anilines is 1. The monoisotopic (exact) mass is 358 g/mol. The first-order valence-corrected chi connectivity index (χ1v) is 9.12. The number of likely N-dealkylation sites (tertiary alicyclic amines) is 1. The van der Waals surface area contributed by atoms with Crippen molar-refractivity contribution in [1.82, 2.24) is 4.90 Å². The molecule has 1 amide bonds. The molecular formula is C21H24F2N2O. The molecule has 26 heavy (non-hydrogen) atoms. The molecule has 2 aromatic rings. The van der Waals surface area contributed by atoms with Crippen LogP contribution < -0.4 is 5.32 Å². The van der Waals surface area contributed by atoms with Crippen LogP contribution in [0.1, 0.15) is 24.8 Å². The Morgan fingerprint density at radius 2 is 1.81 bits per heavy atom. The standard InChI is InChI=1S/C21H24F2N2O/c22-18-6-7-20(19(23)15-18)24-11-8-21(26)25-12-9-17(10-13-25)14-16-4-2-1-3-5-16/h1-7,15,17,24H,8-14H2. The molecular weight excluding hydrogens is 334 g/mol. The Balaban J connectivity index is 1.39. The van der Waals surface area contributed by atoms with Gasteiger partial charge in [-0.2, -0.15) is 0 Å². The van der Waals surface area contributed by atoms with Gasteiger partial charge < -0.3 is 10.2 Å². The summed E-state index contributed by atoms with van der Waals surface area (Å²) in [7, 11) is 0. The summed E-state index contributed by atoms with van der Waals surface area (Å²) in [4.78, 5) is 14.2. The van der Waals surface area contributed by atoms with E-state index in [1.54, 1.807) is 0 Å². The first kappa shape index (κ1) is 18.4. The lowest BCUT2D eigenvalue weighted by molar-refractivity contribution is -0.132. The number of hydrogen-bond donors (Lipinski definition) is 1. The van der Waals surface area contributed by atoms with Crippen molar-refractivity contribution in [2.45, 2.75) is 25.7 Å². The summed E-state index contributed by atoms with van der Waals surface area (Å²) >= 11 is 0. The van der Waals surface area contributed by atoms with Crippen LogP contribution in [0.5, 0.6) is 0 Å². The highest BCUT2D eigenvalue weighted by atomic mass is 19.1. The zero-order chi connectivity index (χ0) is 18.4. The second kappa shape index (κ2) is 8.79. The van der Waals surface area contributed by atoms with Crippen molar-refractivity contribution < 1.29 is 13.6 Å². The molecule has 2 aromatic carbocycles. The van der Waals surface area contributed by atoms with Crippen molar-refractivity contribution in [2.24, 2.45) is 5.92 Å². The van der Waals surface area contributed by atoms with Crippen LogP contribution in [0.15, 0.2) is 48.5 Å². The number of carbonyl (C=O) groups excluding carboxylic acids is 1. The fourth-order valence-corrected chi connectivity index (χ4v) is 3.43. The van der Waals surface area contributed by atoms with Gasteiger partial charge in [0, 0.05) is 32.1 Å². The minimum atomic E-state index is -0.640. The molecule has 0 spiro atoms. The Kier molecular flexibility index (Phi) is 6.21. The van der Waals surface area contributed by atoms with Gasteiger partial charge in [0.1, 0.15) is 11.6 Å². The van der Waals surface area contributed by atoms with Crippen LogP contribution in [-0.4, -0.2) is 30.4 Å². The maximum atomic E-state index is 13.6. The van der Waals surface area contributed by atoms with Gasteiger partial charge in [-0.25, -0.2) is 8.78 Å². The molecule has 0 saturated carbocycles. The lowest BCUT2D eigenvalue weighted by Gasteiger charge is -2.32. The molecule has 0 atom stereocenters. The number of rotatable bonds is 6. The number of piperidine rings is 1. The van der Waals surface area contributed by atoms with E-state index in [1.807, 2.05) is 11.0 Å². The molecule has 1 aliphatic heterocycles. The van der Waals surface area contributed by atoms with Crippen LogP contribution in [0.2, 0.25) is 0 Å². The minimum absolute atomic E-state index is 0.0816. The Labute approximate surface area is 153 Å². The van der Waals surface area contributed by atoms with Gasteiger partial charge in [0.2, 0.25) is 5.91 Å². The van der Waals surface area contributed by atoms with Crippen molar-refractivity contribution in [2.75, 3.05) is 25.0 Å². The third-order valence-electron chi connectivity index (χ3n) is 4.92. The first-order chi connectivity index (χ1) is 12.6. The molecule has 1 aliphatic rings. The zero-order valence-electron chi connectivity index (χ0n) is 14.8. The van der Waals surface area contributed by atoms with Gasteiger partial charge in [-0.1, -0.05) is 30.3 Å². The first-order valence-electron chi connectivity index (χ1n) is 9.12. The highest BCUT2D eigenvalue weighted by Gasteiger charge is 2.22. The summed E-state index contributed by atoms with van der Waals surface area (Å²) in [5.74, 6) is -0.548. The lowest BCUT2D eigenvalue weighted by Crippen LogP contribution is -2.39. The number of halogens is 2. The second-order valence-electron chi connectivity index (χ2n) is 6.81. The fourth-order valence-electron chi connectivity index (χ4n) is 3.43. The van der Waals surface area contributed by atoms with E-state index >= 15 is 0 Å². The normalized spacial score (nSPS) is 15.1. The zero-order valence-corrected chi connectivity index (χ0v) is 14.8. The smallest absolute Gasteiger partial charge is 0.224 e. The van der Waals surface area contributed by atoms with Crippen LogP contribution in [0.25, 0.3) is 0 Å². The van der Waals surface area contributed by atoms with E-state index in [9.17, 15) is 13.6 Å². The molecule has 5 heteroatoms. The number of carbonyl (C=O) groups is 1. The third kappa shape index (κ3) is 5.04. The quantitative estimate of drug-likeness (QED) is 0.837. The molecule has 0 unspecified atom stereocenters. The Hall–Kier alpha value is -2.43. The van der Waals surface area contributed by atoms with Crippen molar-refractivity contribution >= 4 is 11.6 Å². The number of amides is 1. The second-order valence-corrected chi connectivity index (χ2v) is 6.81. The SMILES string of the molecule is O=C(CCNc1ccc(F)cc1F)N1CCC(Cc2ccccc2)CC1. The minimum Gasteiger partial charge on any atom is -0.382 e. The van der Waals surface area contributed by atoms with E-state index in [-0.39, 0.29) is 11.6 Å². The van der Waals surface area contributed by atoms with Crippen LogP contribution >= 0.6 is 0 Å². The van der Waals surface area contributed by atoms with Crippen LogP contribution in [-0.2, 0) is 11.2 Å². The average Bonchev–Trinajstić information content (AvgIpc) is 2.65. The molecule has 3 rings (SSSR count). The van der Waals surface area contributed by atoms with E-state index < -0.39 is 11.6 Å². The predicted molar refractivity (Wildman–Crippen MR) is 98.9 cm³/mol. The number of nitrogens with zero attached hydrogens (tertiary/aromatic N) is 1. The van der Waals surface area contributed by atoms with Crippen molar-refractivity contribution in [3.8, 4) is 0 Å². The maximum Gasteiger partial charge on any atom is 0.224 e. The van der Waals surface area contributed by atoms with Crippen molar-refractivity contribution in [3.63, 3.8) is 0 Å². The molecule has 1 fully saturated rings. The van der Waals surface area contributed by atoms with Gasteiger partial charge >= 0.3 is 0 Å². The molecule has 1 N–H and O–H groups in total. The molecule has 0 radical (unpaired) electrons. The lowest BCUT2D eigenvalue weighted by atomic mass is 9.90. The summed E-state index contributed by atoms with van der Waals surface area (Å²) in [5.41, 5.74) is 1.57. The Morgan fingerprint density at radius 3 is 2.50 bits per heavy atom. The van der Waals surface area contributed by atoms with Gasteiger partial charge in [0.25, 0.3) is 0 Å². The molecule has 0 bridgehead atoms. The molecule has 1 heterocycles. The largest absolute Gasteiger partial charge is 0.382 e. The van der Waals surface area contributed by atoms with Crippen LogP contribution in [0.3, 0.4) is 0 Å². The highest BCUT2D eigenvalue weighted by Crippen LogP contribution is 2.22. The van der Waals surface area contributed by atoms with Crippen molar-refractivity contribution in [3.05, 3.63) is 65.7 Å². The van der Waals surface area contributed by atoms with E-state index in [4.69, 9.17) is 0 Å². The molecule has 1 saturated heterocycles. The van der Waals surface area contributed by atoms with Crippen LogP contribution in [0, 0.1) is 17.6 Å². The summed E-state index contributed by atoms with van der Waals surface area (Å²) in [6, 6.07) is 13.8. The summed E-state index contributed by atoms with van der Waals surface area (Å²) in [6.45, 7) is 1.90. The van der Waals surface area contributed by atoms with Crippen LogP contribution in [0.4, 0.5) is 14.5 Å². The predicted octanol–water partition coefficient (Wildman–Crippen LogP) is 4.25. The molecule has 0 aliphatic carbocycles. The number of benzene rings is 2. The molecule has 3 nitrogen and oxygen atoms in total. The Bertz CT molecular complexity index is 728. The number of hydrogen-bond acceptors (Lipinski definition) is 2. The van der Waals surface area contributed by atoms with E-state index in [0.717, 1.165) is 38.4 Å². The maximum absolute atomic E-state index is 13.6. The summed E-state index contributed by atoms with van der Waals surface area (Å²) < 4.78 is 26.4. The van der Waals surface area contributed by atoms with E-state index in [0.29, 0.717) is 18.9 Å². The number of nitrogens with one attached hydrogen (secondary N) is 1. The molecule has 0 aromatic heterocycles. The third-order valence-corrected chi connectivity index (χ3v) is 4.92. The highest BCUT2D eigenvalue weighted by molar-refractivity contribution is 5.76. The van der Waals surface area contributed by atoms with Gasteiger partial charge in [-0.05, 0) is 42.9 Å². The van der Waals surface area contributed by atoms with Crippen molar-refractivity contribution in [1.29, 1.82) is 0 Å². The average molecular weight is 358 g/mol. The summed E-state index contributed by atoms with van der Waals surface area (Å²) in [6.07, 6.45) is 3.40. The van der Waals surface area contributed by atoms with Gasteiger partial charge in [-0.15, -0.1) is 0 Å². The van der Waals surface area contributed by atoms with Gasteiger partial charge in [0.05, 0.1) is 5.69 Å². The molecule has 138 valence electrons. The van der Waals surface area contributed by atoms with E-state index in [2.05, 4.69) is 29.6 Å². The van der Waals surface area contributed by atoms with Gasteiger partial charge in [-0.3, -0.25) is 4.79 Å². The summed E-state index contributed by atoms with van der Waals surface area (Å²) in [5, 5.41) is 2.86. The van der Waals surface area contributed by atoms with Gasteiger partial charge in [0.15, 0.2) is 0 Å². The topological polar surface area (TPSA) is 32.3 Å².